The van der Waals surface area contributed by atoms with Crippen molar-refractivity contribution in [1.82, 2.24) is 0 Å². The fraction of sp³-hybridized carbons (Fsp3) is 0.222. The van der Waals surface area contributed by atoms with E-state index in [-0.39, 0.29) is 0 Å². The lowest BCUT2D eigenvalue weighted by molar-refractivity contribution is -0.151. The van der Waals surface area contributed by atoms with Gasteiger partial charge in [-0.05, 0) is 49.7 Å². The summed E-state index contributed by atoms with van der Waals surface area (Å²) in [7, 11) is 0. The Kier molecular flexibility index (Phi) is 7.12. The third-order valence-corrected chi connectivity index (χ3v) is 4.02. The molecule has 1 atom stereocenters. The number of hydrogen-bond donors (Lipinski definition) is 0. The van der Waals surface area contributed by atoms with Crippen LogP contribution in [-0.2, 0) is 16.1 Å². The van der Waals surface area contributed by atoms with Crippen molar-refractivity contribution in [3.05, 3.63) is 63.1 Å². The molecule has 0 aromatic heterocycles. The minimum atomic E-state index is -0.825. The molecule has 7 heteroatoms. The summed E-state index contributed by atoms with van der Waals surface area (Å²) < 4.78 is 5.48. The lowest BCUT2D eigenvalue weighted by Crippen LogP contribution is -2.25. The Labute approximate surface area is 161 Å². The molecular weight excluding hydrogens is 385 g/mol. The zero-order valence-corrected chi connectivity index (χ0v) is 15.9. The van der Waals surface area contributed by atoms with E-state index in [9.17, 15) is 4.79 Å². The molecule has 2 aromatic carbocycles. The molecule has 2 rings (SSSR count). The number of oxime groups is 1. The maximum Gasteiger partial charge on any atom is 0.374 e. The lowest BCUT2D eigenvalue weighted by atomic mass is 10.1. The maximum absolute atomic E-state index is 12.0. The van der Waals surface area contributed by atoms with Gasteiger partial charge in [0.25, 0.3) is 0 Å². The average Bonchev–Trinajstić information content (AvgIpc) is 2.55. The van der Waals surface area contributed by atoms with E-state index in [1.165, 1.54) is 0 Å². The number of carbonyl (C=O) groups excluding carboxylic acids is 1. The molecule has 1 unspecified atom stereocenters. The summed E-state index contributed by atoms with van der Waals surface area (Å²) in [6, 6.07) is 12.0. The fourth-order valence-electron chi connectivity index (χ4n) is 1.96. The van der Waals surface area contributed by atoms with E-state index in [1.807, 2.05) is 0 Å². The van der Waals surface area contributed by atoms with Gasteiger partial charge < -0.3 is 9.57 Å². The van der Waals surface area contributed by atoms with Gasteiger partial charge in [0.2, 0.25) is 0 Å². The highest BCUT2D eigenvalue weighted by Crippen LogP contribution is 2.22. The fourth-order valence-corrected chi connectivity index (χ4v) is 2.62. The van der Waals surface area contributed by atoms with Gasteiger partial charge >= 0.3 is 5.97 Å². The number of carbonyl (C=O) groups is 1. The summed E-state index contributed by atoms with van der Waals surface area (Å²) in [6.07, 6.45) is -0.388. The smallest absolute Gasteiger partial charge is 0.374 e. The van der Waals surface area contributed by atoms with Gasteiger partial charge in [0, 0.05) is 21.5 Å². The molecule has 0 aliphatic rings. The Balaban J connectivity index is 1.91. The molecule has 0 bridgehead atoms. The van der Waals surface area contributed by atoms with Crippen molar-refractivity contribution in [2.45, 2.75) is 26.4 Å². The SMILES string of the molecule is C/C(Cc1ccc(Cl)cc1Cl)=N\OC(=O)C(C)Oc1cccc(Cl)c1. The van der Waals surface area contributed by atoms with Crippen LogP contribution in [0.25, 0.3) is 0 Å². The first-order valence-corrected chi connectivity index (χ1v) is 8.59. The summed E-state index contributed by atoms with van der Waals surface area (Å²) in [4.78, 5) is 16.9. The van der Waals surface area contributed by atoms with Gasteiger partial charge in [-0.1, -0.05) is 52.1 Å². The molecule has 2 aromatic rings. The molecule has 0 spiro atoms. The van der Waals surface area contributed by atoms with Crippen LogP contribution in [0.1, 0.15) is 19.4 Å². The molecule has 0 N–H and O–H groups in total. The summed E-state index contributed by atoms with van der Waals surface area (Å²) >= 11 is 17.8. The van der Waals surface area contributed by atoms with Gasteiger partial charge in [-0.15, -0.1) is 0 Å². The Morgan fingerprint density at radius 2 is 1.84 bits per heavy atom. The van der Waals surface area contributed by atoms with Crippen LogP contribution in [0.3, 0.4) is 0 Å². The topological polar surface area (TPSA) is 47.9 Å². The monoisotopic (exact) mass is 399 g/mol. The van der Waals surface area contributed by atoms with E-state index < -0.39 is 12.1 Å². The molecule has 0 aliphatic carbocycles. The van der Waals surface area contributed by atoms with Crippen LogP contribution in [0.2, 0.25) is 15.1 Å². The van der Waals surface area contributed by atoms with E-state index in [1.54, 1.807) is 56.3 Å². The Bertz CT molecular complexity index is 793. The van der Waals surface area contributed by atoms with E-state index >= 15 is 0 Å². The minimum Gasteiger partial charge on any atom is -0.479 e. The predicted molar refractivity (Wildman–Crippen MR) is 101 cm³/mol. The summed E-state index contributed by atoms with van der Waals surface area (Å²) in [5, 5.41) is 5.44. The van der Waals surface area contributed by atoms with Gasteiger partial charge in [-0.25, -0.2) is 4.79 Å². The van der Waals surface area contributed by atoms with Gasteiger partial charge in [0.15, 0.2) is 6.10 Å². The molecule has 0 amide bonds. The van der Waals surface area contributed by atoms with Crippen LogP contribution in [-0.4, -0.2) is 17.8 Å². The second-order valence-corrected chi connectivity index (χ2v) is 6.65. The predicted octanol–water partition coefficient (Wildman–Crippen LogP) is 5.58. The number of rotatable bonds is 6. The van der Waals surface area contributed by atoms with Crippen molar-refractivity contribution in [3.63, 3.8) is 0 Å². The second kappa shape index (κ2) is 9.09. The first kappa shape index (κ1) is 19.6. The molecule has 0 aliphatic heterocycles. The Hall–Kier alpha value is -1.75. The van der Waals surface area contributed by atoms with Gasteiger partial charge in [-0.3, -0.25) is 0 Å². The van der Waals surface area contributed by atoms with Crippen LogP contribution >= 0.6 is 34.8 Å². The highest BCUT2D eigenvalue weighted by molar-refractivity contribution is 6.35. The second-order valence-electron chi connectivity index (χ2n) is 5.37. The maximum atomic E-state index is 12.0. The van der Waals surface area contributed by atoms with E-state index in [4.69, 9.17) is 44.4 Å². The van der Waals surface area contributed by atoms with E-state index in [0.717, 1.165) is 5.56 Å². The standard InChI is InChI=1S/C18H16Cl3NO3/c1-11(8-13-6-7-15(20)10-17(13)21)22-25-18(23)12(2)24-16-5-3-4-14(19)9-16/h3-7,9-10,12H,8H2,1-2H3/b22-11+. The van der Waals surface area contributed by atoms with Crippen LogP contribution in [0.4, 0.5) is 0 Å². The number of hydrogen-bond acceptors (Lipinski definition) is 4. The summed E-state index contributed by atoms with van der Waals surface area (Å²) in [6.45, 7) is 3.31. The largest absolute Gasteiger partial charge is 0.479 e. The molecule has 0 saturated carbocycles. The summed E-state index contributed by atoms with van der Waals surface area (Å²) in [5.74, 6) is -0.132. The highest BCUT2D eigenvalue weighted by atomic mass is 35.5. The van der Waals surface area contributed by atoms with Gasteiger partial charge in [0.1, 0.15) is 5.75 Å². The highest BCUT2D eigenvalue weighted by Gasteiger charge is 2.17. The lowest BCUT2D eigenvalue weighted by Gasteiger charge is -2.12. The van der Waals surface area contributed by atoms with Crippen molar-refractivity contribution >= 4 is 46.5 Å². The van der Waals surface area contributed by atoms with Gasteiger partial charge in [-0.2, -0.15) is 0 Å². The molecule has 4 nitrogen and oxygen atoms in total. The first-order valence-electron chi connectivity index (χ1n) is 7.45. The summed E-state index contributed by atoms with van der Waals surface area (Å²) in [5.41, 5.74) is 1.43. The van der Waals surface area contributed by atoms with E-state index in [2.05, 4.69) is 5.16 Å². The molecule has 25 heavy (non-hydrogen) atoms. The van der Waals surface area contributed by atoms with Crippen molar-refractivity contribution in [2.75, 3.05) is 0 Å². The number of nitrogens with zero attached hydrogens (tertiary/aromatic N) is 1. The van der Waals surface area contributed by atoms with Crippen molar-refractivity contribution in [1.29, 1.82) is 0 Å². The van der Waals surface area contributed by atoms with Crippen molar-refractivity contribution in [2.24, 2.45) is 5.16 Å². The molecule has 0 saturated heterocycles. The number of benzene rings is 2. The number of ether oxygens (including phenoxy) is 1. The average molecular weight is 401 g/mol. The van der Waals surface area contributed by atoms with Crippen LogP contribution < -0.4 is 4.74 Å². The zero-order valence-electron chi connectivity index (χ0n) is 13.6. The third-order valence-electron chi connectivity index (χ3n) is 3.19. The van der Waals surface area contributed by atoms with Gasteiger partial charge in [0.05, 0.1) is 5.71 Å². The van der Waals surface area contributed by atoms with Crippen LogP contribution in [0.5, 0.6) is 5.75 Å². The molecular formula is C18H16Cl3NO3. The third kappa shape index (κ3) is 6.24. The minimum absolute atomic E-state index is 0.437. The molecule has 132 valence electrons. The number of halogens is 3. The van der Waals surface area contributed by atoms with Crippen molar-refractivity contribution in [3.8, 4) is 5.75 Å². The normalized spacial score (nSPS) is 12.6. The van der Waals surface area contributed by atoms with Crippen molar-refractivity contribution < 1.29 is 14.4 Å². The van der Waals surface area contributed by atoms with Crippen LogP contribution in [0.15, 0.2) is 47.6 Å². The molecule has 0 heterocycles. The Morgan fingerprint density at radius 1 is 1.12 bits per heavy atom. The van der Waals surface area contributed by atoms with Crippen LogP contribution in [0, 0.1) is 0 Å². The first-order chi connectivity index (χ1) is 11.8. The molecule has 0 radical (unpaired) electrons. The zero-order chi connectivity index (χ0) is 18.4. The Morgan fingerprint density at radius 3 is 2.52 bits per heavy atom. The molecule has 0 fully saturated rings. The quantitative estimate of drug-likeness (QED) is 0.361. The van der Waals surface area contributed by atoms with E-state index in [0.29, 0.717) is 32.9 Å².